The summed E-state index contributed by atoms with van der Waals surface area (Å²) in [5.41, 5.74) is 11.7. The van der Waals surface area contributed by atoms with Crippen LogP contribution in [0.15, 0.2) is 194 Å². The normalized spacial score (nSPS) is 11.5. The van der Waals surface area contributed by atoms with Crippen LogP contribution in [0.25, 0.3) is 69.9 Å². The van der Waals surface area contributed by atoms with Crippen LogP contribution in [0.5, 0.6) is 0 Å². The Bertz CT molecular complexity index is 2810. The van der Waals surface area contributed by atoms with Gasteiger partial charge in [-0.1, -0.05) is 140 Å². The molecule has 0 amide bonds. The number of para-hydroxylation sites is 4. The second-order valence-electron chi connectivity index (χ2n) is 12.9. The number of hydrogen-bond acceptors (Lipinski definition) is 2. The van der Waals surface area contributed by atoms with Gasteiger partial charge in [-0.2, -0.15) is 0 Å². The summed E-state index contributed by atoms with van der Waals surface area (Å²) in [6.07, 6.45) is 0. The summed E-state index contributed by atoms with van der Waals surface area (Å²) >= 11 is 1.88. The van der Waals surface area contributed by atoms with Crippen LogP contribution in [0.2, 0.25) is 0 Å². The summed E-state index contributed by atoms with van der Waals surface area (Å²) < 4.78 is 4.99. The lowest BCUT2D eigenvalue weighted by Gasteiger charge is -2.30. The first-order chi connectivity index (χ1) is 25.3. The van der Waals surface area contributed by atoms with E-state index in [9.17, 15) is 0 Å². The lowest BCUT2D eigenvalue weighted by Crippen LogP contribution is -2.12. The summed E-state index contributed by atoms with van der Waals surface area (Å²) in [4.78, 5) is 2.45. The van der Waals surface area contributed by atoms with Crippen molar-refractivity contribution in [2.24, 2.45) is 0 Å². The largest absolute Gasteiger partial charge is 0.309 e. The van der Waals surface area contributed by atoms with Crippen molar-refractivity contribution in [3.63, 3.8) is 0 Å². The highest BCUT2D eigenvalue weighted by Crippen LogP contribution is 2.50. The average Bonchev–Trinajstić information content (AvgIpc) is 3.75. The van der Waals surface area contributed by atoms with Gasteiger partial charge in [0.05, 0.1) is 22.4 Å². The molecule has 2 aromatic heterocycles. The van der Waals surface area contributed by atoms with E-state index < -0.39 is 0 Å². The average molecular weight is 669 g/mol. The first-order valence-corrected chi connectivity index (χ1v) is 18.2. The van der Waals surface area contributed by atoms with Crippen molar-refractivity contribution in [3.8, 4) is 27.9 Å². The maximum Gasteiger partial charge on any atom is 0.0554 e. The van der Waals surface area contributed by atoms with Crippen LogP contribution < -0.4 is 4.90 Å². The number of rotatable bonds is 6. The minimum Gasteiger partial charge on any atom is -0.309 e. The molecule has 2 nitrogen and oxygen atoms in total. The number of nitrogens with zero attached hydrogens (tertiary/aromatic N) is 2. The molecule has 0 bridgehead atoms. The molecule has 8 aromatic carbocycles. The molecule has 0 fully saturated rings. The van der Waals surface area contributed by atoms with Gasteiger partial charge in [-0.3, -0.25) is 0 Å². The van der Waals surface area contributed by atoms with Crippen LogP contribution in [0.1, 0.15) is 0 Å². The summed E-state index contributed by atoms with van der Waals surface area (Å²) in [7, 11) is 0. The van der Waals surface area contributed by atoms with Gasteiger partial charge in [0.1, 0.15) is 0 Å². The molecular formula is C48H32N2S. The van der Waals surface area contributed by atoms with Gasteiger partial charge >= 0.3 is 0 Å². The van der Waals surface area contributed by atoms with Crippen LogP contribution in [0.4, 0.5) is 17.1 Å². The molecule has 0 spiro atoms. The van der Waals surface area contributed by atoms with E-state index >= 15 is 0 Å². The standard InChI is InChI=1S/C48H32N2S/c1-3-16-33(17-4-1)37-22-7-11-26-42(37)49(35-19-5-2-6-20-35)45-31-30-41-40-25-10-14-29-46(40)51-48(41)47(45)34-18-15-21-36(32-34)50-43-27-12-8-23-38(43)39-24-9-13-28-44(39)50/h1-32H. The molecule has 10 aromatic rings. The number of aromatic nitrogens is 1. The van der Waals surface area contributed by atoms with Gasteiger partial charge in [0, 0.05) is 53.4 Å². The highest BCUT2D eigenvalue weighted by atomic mass is 32.1. The van der Waals surface area contributed by atoms with Crippen molar-refractivity contribution in [3.05, 3.63) is 194 Å². The number of thiophene rings is 1. The molecule has 0 aliphatic heterocycles. The zero-order valence-corrected chi connectivity index (χ0v) is 28.6. The lowest BCUT2D eigenvalue weighted by atomic mass is 9.97. The number of benzene rings is 8. The Balaban J connectivity index is 1.29. The van der Waals surface area contributed by atoms with E-state index in [2.05, 4.69) is 204 Å². The van der Waals surface area contributed by atoms with Crippen LogP contribution in [-0.2, 0) is 0 Å². The van der Waals surface area contributed by atoms with E-state index in [4.69, 9.17) is 0 Å². The Morgan fingerprint density at radius 3 is 1.78 bits per heavy atom. The molecule has 0 aliphatic carbocycles. The fourth-order valence-electron chi connectivity index (χ4n) is 7.76. The molecule has 2 heterocycles. The highest BCUT2D eigenvalue weighted by Gasteiger charge is 2.24. The van der Waals surface area contributed by atoms with Gasteiger partial charge in [0.15, 0.2) is 0 Å². The smallest absolute Gasteiger partial charge is 0.0554 e. The number of anilines is 3. The number of hydrogen-bond donors (Lipinski definition) is 0. The zero-order chi connectivity index (χ0) is 33.7. The molecule has 51 heavy (non-hydrogen) atoms. The van der Waals surface area contributed by atoms with Crippen molar-refractivity contribution < 1.29 is 0 Å². The molecule has 0 saturated carbocycles. The van der Waals surface area contributed by atoms with E-state index in [1.165, 1.54) is 64.2 Å². The van der Waals surface area contributed by atoms with Crippen molar-refractivity contribution in [1.82, 2.24) is 4.57 Å². The molecule has 0 radical (unpaired) electrons. The van der Waals surface area contributed by atoms with Gasteiger partial charge < -0.3 is 9.47 Å². The Kier molecular flexibility index (Phi) is 7.04. The molecule has 240 valence electrons. The van der Waals surface area contributed by atoms with Crippen LogP contribution >= 0.6 is 11.3 Å². The third-order valence-corrected chi connectivity index (χ3v) is 11.2. The number of fused-ring (bicyclic) bond motifs is 6. The van der Waals surface area contributed by atoms with Gasteiger partial charge in [-0.05, 0) is 65.7 Å². The molecule has 10 rings (SSSR count). The Hall–Kier alpha value is -6.42. The third-order valence-electron chi connectivity index (χ3n) is 9.98. The topological polar surface area (TPSA) is 8.17 Å². The predicted octanol–water partition coefficient (Wildman–Crippen LogP) is 14.0. The molecule has 0 saturated heterocycles. The Morgan fingerprint density at radius 2 is 1.02 bits per heavy atom. The maximum absolute atomic E-state index is 2.45. The highest BCUT2D eigenvalue weighted by molar-refractivity contribution is 7.26. The van der Waals surface area contributed by atoms with Gasteiger partial charge in [0.2, 0.25) is 0 Å². The van der Waals surface area contributed by atoms with Crippen LogP contribution in [0, 0.1) is 0 Å². The third kappa shape index (κ3) is 4.85. The van der Waals surface area contributed by atoms with Crippen LogP contribution in [-0.4, -0.2) is 4.57 Å². The first kappa shape index (κ1) is 29.5. The fraction of sp³-hybridized carbons (Fsp3) is 0. The van der Waals surface area contributed by atoms with E-state index in [-0.39, 0.29) is 0 Å². The van der Waals surface area contributed by atoms with E-state index in [1.807, 2.05) is 11.3 Å². The molecule has 0 unspecified atom stereocenters. The van der Waals surface area contributed by atoms with E-state index in [0.717, 1.165) is 22.7 Å². The van der Waals surface area contributed by atoms with E-state index in [0.29, 0.717) is 0 Å². The van der Waals surface area contributed by atoms with Crippen molar-refractivity contribution >= 4 is 70.4 Å². The van der Waals surface area contributed by atoms with Crippen molar-refractivity contribution in [2.75, 3.05) is 4.90 Å². The summed E-state index contributed by atoms with van der Waals surface area (Å²) in [5.74, 6) is 0. The molecule has 0 aliphatic rings. The zero-order valence-electron chi connectivity index (χ0n) is 27.8. The minimum absolute atomic E-state index is 1.11. The monoisotopic (exact) mass is 668 g/mol. The second kappa shape index (κ2) is 12.2. The van der Waals surface area contributed by atoms with Gasteiger partial charge in [-0.25, -0.2) is 0 Å². The molecule has 0 atom stereocenters. The quantitative estimate of drug-likeness (QED) is 0.171. The van der Waals surface area contributed by atoms with E-state index in [1.54, 1.807) is 0 Å². The molecule has 0 N–H and O–H groups in total. The maximum atomic E-state index is 2.45. The Labute approximate surface area is 300 Å². The fourth-order valence-corrected chi connectivity index (χ4v) is 9.03. The van der Waals surface area contributed by atoms with Crippen molar-refractivity contribution in [2.45, 2.75) is 0 Å². The summed E-state index contributed by atoms with van der Waals surface area (Å²) in [5, 5.41) is 5.10. The predicted molar refractivity (Wildman–Crippen MR) is 219 cm³/mol. The minimum atomic E-state index is 1.11. The van der Waals surface area contributed by atoms with Crippen molar-refractivity contribution in [1.29, 1.82) is 0 Å². The summed E-state index contributed by atoms with van der Waals surface area (Å²) in [6, 6.07) is 70.4. The van der Waals surface area contributed by atoms with Gasteiger partial charge in [-0.15, -0.1) is 11.3 Å². The first-order valence-electron chi connectivity index (χ1n) is 17.4. The lowest BCUT2D eigenvalue weighted by molar-refractivity contribution is 1.18. The second-order valence-corrected chi connectivity index (χ2v) is 14.0. The summed E-state index contributed by atoms with van der Waals surface area (Å²) in [6.45, 7) is 0. The molecular weight excluding hydrogens is 637 g/mol. The Morgan fingerprint density at radius 1 is 0.412 bits per heavy atom. The van der Waals surface area contributed by atoms with Gasteiger partial charge in [0.25, 0.3) is 0 Å². The SMILES string of the molecule is c1ccc(-c2ccccc2N(c2ccccc2)c2ccc3c(sc4ccccc43)c2-c2cccc(-n3c4ccccc4c4ccccc43)c2)cc1. The molecule has 3 heteroatoms. The van der Waals surface area contributed by atoms with Crippen LogP contribution in [0.3, 0.4) is 0 Å².